The Kier molecular flexibility index (Phi) is 5.29. The van der Waals surface area contributed by atoms with E-state index in [1.54, 1.807) is 11.7 Å². The molecule has 9 nitrogen and oxygen atoms in total. The van der Waals surface area contributed by atoms with Crippen molar-refractivity contribution in [2.45, 2.75) is 54.1 Å². The number of hydrogen-bond donors (Lipinski definition) is 0. The van der Waals surface area contributed by atoms with Gasteiger partial charge in [-0.05, 0) is 47.1 Å². The Labute approximate surface area is 163 Å². The van der Waals surface area contributed by atoms with Crippen molar-refractivity contribution in [3.63, 3.8) is 0 Å². The van der Waals surface area contributed by atoms with Crippen LogP contribution in [0.5, 0.6) is 0 Å². The van der Waals surface area contributed by atoms with Crippen LogP contribution in [0.4, 0.5) is 0 Å². The molecule has 3 heterocycles. The summed E-state index contributed by atoms with van der Waals surface area (Å²) in [6.07, 6.45) is 0. The van der Waals surface area contributed by atoms with Crippen LogP contribution in [0.1, 0.15) is 43.8 Å². The van der Waals surface area contributed by atoms with E-state index in [4.69, 9.17) is 4.74 Å². The van der Waals surface area contributed by atoms with Gasteiger partial charge in [-0.25, -0.2) is 9.48 Å². The second kappa shape index (κ2) is 7.38. The molecule has 0 aliphatic rings. The molecule has 0 bridgehead atoms. The molecule has 0 spiro atoms. The standard InChI is InChI=1S/C19H28N6O3/c1-8-28-10-9-23-17(26)15-16(22(7)19(23)27)20-18(24(15)11(2)3)25-14(6)12(4)13(5)21-25/h11H,8-10H2,1-7H3. The predicted octanol–water partition coefficient (Wildman–Crippen LogP) is 1.63. The normalized spacial score (nSPS) is 11.9. The first-order valence-electron chi connectivity index (χ1n) is 9.53. The summed E-state index contributed by atoms with van der Waals surface area (Å²) in [5, 5.41) is 4.60. The Bertz CT molecular complexity index is 1150. The van der Waals surface area contributed by atoms with E-state index in [0.717, 1.165) is 17.0 Å². The largest absolute Gasteiger partial charge is 0.380 e. The lowest BCUT2D eigenvalue weighted by atomic mass is 10.2. The van der Waals surface area contributed by atoms with Crippen LogP contribution < -0.4 is 11.2 Å². The summed E-state index contributed by atoms with van der Waals surface area (Å²) in [4.78, 5) is 30.6. The Morgan fingerprint density at radius 3 is 2.36 bits per heavy atom. The Balaban J connectivity index is 2.37. The average molecular weight is 388 g/mol. The number of fused-ring (bicyclic) bond motifs is 1. The number of rotatable bonds is 6. The average Bonchev–Trinajstić information content (AvgIpc) is 3.16. The molecule has 0 radical (unpaired) electrons. The number of nitrogens with zero attached hydrogens (tertiary/aromatic N) is 6. The van der Waals surface area contributed by atoms with Crippen LogP contribution >= 0.6 is 0 Å². The third kappa shape index (κ3) is 2.99. The predicted molar refractivity (Wildman–Crippen MR) is 107 cm³/mol. The molecule has 3 aromatic rings. The fourth-order valence-corrected chi connectivity index (χ4v) is 3.38. The van der Waals surface area contributed by atoms with Crippen LogP contribution in [0.15, 0.2) is 9.59 Å². The highest BCUT2D eigenvalue weighted by atomic mass is 16.5. The molecule has 0 aliphatic carbocycles. The molecule has 152 valence electrons. The summed E-state index contributed by atoms with van der Waals surface area (Å²) < 4.78 is 11.6. The van der Waals surface area contributed by atoms with Gasteiger partial charge in [0.25, 0.3) is 5.56 Å². The van der Waals surface area contributed by atoms with Gasteiger partial charge in [0.05, 0.1) is 18.8 Å². The molecule has 0 aromatic carbocycles. The molecule has 0 atom stereocenters. The fourth-order valence-electron chi connectivity index (χ4n) is 3.38. The maximum absolute atomic E-state index is 13.2. The van der Waals surface area contributed by atoms with Gasteiger partial charge >= 0.3 is 5.69 Å². The molecular formula is C19H28N6O3. The van der Waals surface area contributed by atoms with E-state index in [9.17, 15) is 9.59 Å². The Morgan fingerprint density at radius 2 is 1.82 bits per heavy atom. The number of aromatic nitrogens is 6. The topological polar surface area (TPSA) is 88.9 Å². The zero-order valence-electron chi connectivity index (χ0n) is 17.6. The van der Waals surface area contributed by atoms with Crippen LogP contribution in [-0.2, 0) is 18.3 Å². The van der Waals surface area contributed by atoms with Crippen molar-refractivity contribution in [2.24, 2.45) is 7.05 Å². The van der Waals surface area contributed by atoms with Gasteiger partial charge in [0.2, 0.25) is 5.95 Å². The van der Waals surface area contributed by atoms with Crippen molar-refractivity contribution >= 4 is 11.2 Å². The smallest absolute Gasteiger partial charge is 0.332 e. The quantitative estimate of drug-likeness (QED) is 0.599. The fraction of sp³-hybridized carbons (Fsp3) is 0.579. The minimum atomic E-state index is -0.401. The van der Waals surface area contributed by atoms with E-state index in [1.165, 1.54) is 9.13 Å². The van der Waals surface area contributed by atoms with E-state index in [1.807, 2.05) is 46.1 Å². The van der Waals surface area contributed by atoms with Gasteiger partial charge in [-0.15, -0.1) is 0 Å². The van der Waals surface area contributed by atoms with Crippen molar-refractivity contribution in [2.75, 3.05) is 13.2 Å². The highest BCUT2D eigenvalue weighted by molar-refractivity contribution is 5.73. The molecule has 3 aromatic heterocycles. The van der Waals surface area contributed by atoms with Gasteiger partial charge in [-0.1, -0.05) is 0 Å². The minimum Gasteiger partial charge on any atom is -0.380 e. The molecule has 0 N–H and O–H groups in total. The van der Waals surface area contributed by atoms with Gasteiger partial charge in [0.1, 0.15) is 0 Å². The molecule has 0 aliphatic heterocycles. The Hall–Kier alpha value is -2.68. The summed E-state index contributed by atoms with van der Waals surface area (Å²) >= 11 is 0. The molecule has 0 saturated carbocycles. The molecule has 28 heavy (non-hydrogen) atoms. The highest BCUT2D eigenvalue weighted by Crippen LogP contribution is 2.23. The van der Waals surface area contributed by atoms with E-state index in [0.29, 0.717) is 30.3 Å². The van der Waals surface area contributed by atoms with Gasteiger partial charge in [0.15, 0.2) is 11.2 Å². The lowest BCUT2D eigenvalue weighted by Crippen LogP contribution is -2.40. The second-order valence-electron chi connectivity index (χ2n) is 7.25. The van der Waals surface area contributed by atoms with Crippen molar-refractivity contribution in [3.8, 4) is 5.95 Å². The lowest BCUT2D eigenvalue weighted by Gasteiger charge is -2.14. The summed E-state index contributed by atoms with van der Waals surface area (Å²) in [5.74, 6) is 0.536. The molecule has 0 amide bonds. The summed E-state index contributed by atoms with van der Waals surface area (Å²) in [5.41, 5.74) is 2.93. The van der Waals surface area contributed by atoms with Crippen molar-refractivity contribution in [1.82, 2.24) is 28.5 Å². The zero-order chi connectivity index (χ0) is 20.7. The van der Waals surface area contributed by atoms with Crippen LogP contribution in [0.25, 0.3) is 17.1 Å². The third-order valence-corrected chi connectivity index (χ3v) is 5.18. The van der Waals surface area contributed by atoms with Gasteiger partial charge < -0.3 is 4.74 Å². The Morgan fingerprint density at radius 1 is 1.14 bits per heavy atom. The first-order valence-corrected chi connectivity index (χ1v) is 9.53. The minimum absolute atomic E-state index is 0.0465. The van der Waals surface area contributed by atoms with Crippen LogP contribution in [0.3, 0.4) is 0 Å². The third-order valence-electron chi connectivity index (χ3n) is 5.18. The van der Waals surface area contributed by atoms with Gasteiger partial charge in [0, 0.05) is 25.4 Å². The molecule has 9 heteroatoms. The van der Waals surface area contributed by atoms with Gasteiger partial charge in [-0.3, -0.25) is 18.5 Å². The van der Waals surface area contributed by atoms with E-state index in [2.05, 4.69) is 10.1 Å². The molecule has 0 unspecified atom stereocenters. The second-order valence-corrected chi connectivity index (χ2v) is 7.25. The van der Waals surface area contributed by atoms with Gasteiger partial charge in [-0.2, -0.15) is 10.1 Å². The van der Waals surface area contributed by atoms with Crippen molar-refractivity contribution in [3.05, 3.63) is 37.8 Å². The number of aryl methyl sites for hydroxylation is 2. The van der Waals surface area contributed by atoms with E-state index >= 15 is 0 Å². The summed E-state index contributed by atoms with van der Waals surface area (Å²) in [6.45, 7) is 12.8. The molecular weight excluding hydrogens is 360 g/mol. The molecule has 0 saturated heterocycles. The maximum atomic E-state index is 13.2. The van der Waals surface area contributed by atoms with E-state index < -0.39 is 5.69 Å². The first-order chi connectivity index (χ1) is 13.2. The van der Waals surface area contributed by atoms with E-state index in [-0.39, 0.29) is 18.1 Å². The van der Waals surface area contributed by atoms with Crippen LogP contribution in [-0.4, -0.2) is 41.7 Å². The molecule has 0 fully saturated rings. The van der Waals surface area contributed by atoms with Crippen LogP contribution in [0, 0.1) is 20.8 Å². The zero-order valence-corrected chi connectivity index (χ0v) is 17.6. The summed E-state index contributed by atoms with van der Waals surface area (Å²) in [6, 6.07) is -0.0465. The van der Waals surface area contributed by atoms with Crippen LogP contribution in [0.2, 0.25) is 0 Å². The number of ether oxygens (including phenoxy) is 1. The highest BCUT2D eigenvalue weighted by Gasteiger charge is 2.24. The monoisotopic (exact) mass is 388 g/mol. The SMILES string of the molecule is CCOCCn1c(=O)c2c(nc(-n3nc(C)c(C)c3C)n2C(C)C)n(C)c1=O. The van der Waals surface area contributed by atoms with Crippen molar-refractivity contribution < 1.29 is 4.74 Å². The maximum Gasteiger partial charge on any atom is 0.332 e. The molecule has 3 rings (SSSR count). The first kappa shape index (κ1) is 20.1. The number of hydrogen-bond acceptors (Lipinski definition) is 5. The number of imidazole rings is 1. The summed E-state index contributed by atoms with van der Waals surface area (Å²) in [7, 11) is 1.63. The van der Waals surface area contributed by atoms with Crippen molar-refractivity contribution in [1.29, 1.82) is 0 Å². The lowest BCUT2D eigenvalue weighted by molar-refractivity contribution is 0.137.